The molecule has 4 rings (SSSR count). The van der Waals surface area contributed by atoms with Crippen LogP contribution in [0.2, 0.25) is 0 Å². The van der Waals surface area contributed by atoms with E-state index in [0.29, 0.717) is 13.2 Å². The molecule has 0 N–H and O–H groups in total. The molecule has 2 aromatic carbocycles. The van der Waals surface area contributed by atoms with Gasteiger partial charge in [0.2, 0.25) is 0 Å². The lowest BCUT2D eigenvalue weighted by Gasteiger charge is -2.41. The monoisotopic (exact) mass is 552 g/mol. The number of ether oxygens (including phenoxy) is 5. The van der Waals surface area contributed by atoms with Crippen molar-refractivity contribution >= 4 is 28.6 Å². The number of carbonyl (C=O) groups excluding carboxylic acids is 1. The summed E-state index contributed by atoms with van der Waals surface area (Å²) in [6.07, 6.45) is 0.272. The summed E-state index contributed by atoms with van der Waals surface area (Å²) in [7, 11) is 3.30. The molecule has 1 saturated heterocycles. The number of fused-ring (bicyclic) bond motifs is 1. The molecule has 1 aliphatic heterocycles. The van der Waals surface area contributed by atoms with Gasteiger partial charge >= 0.3 is 5.97 Å². The number of methoxy groups -OCH3 is 2. The summed E-state index contributed by atoms with van der Waals surface area (Å²) in [6, 6.07) is 15.7. The highest BCUT2D eigenvalue weighted by Gasteiger charge is 2.55. The number of hydrogen-bond donors (Lipinski definition) is 0. The Bertz CT molecular complexity index is 900. The van der Waals surface area contributed by atoms with Gasteiger partial charge in [-0.2, -0.15) is 0 Å². The minimum absolute atomic E-state index is 0.0303. The van der Waals surface area contributed by atoms with Gasteiger partial charge in [-0.1, -0.05) is 53.8 Å². The van der Waals surface area contributed by atoms with Crippen LogP contribution >= 0.6 is 22.6 Å². The van der Waals surface area contributed by atoms with Gasteiger partial charge in [0.1, 0.15) is 17.6 Å². The molecule has 1 heterocycles. The molecule has 0 amide bonds. The first-order valence-electron chi connectivity index (χ1n) is 10.8. The van der Waals surface area contributed by atoms with Gasteiger partial charge in [0.15, 0.2) is 0 Å². The highest BCUT2D eigenvalue weighted by molar-refractivity contribution is 14.1. The Balaban J connectivity index is 1.49. The molecule has 0 bridgehead atoms. The Morgan fingerprint density at radius 3 is 1.97 bits per heavy atom. The lowest BCUT2D eigenvalue weighted by atomic mass is 9.77. The topological polar surface area (TPSA) is 63.2 Å². The van der Waals surface area contributed by atoms with Crippen molar-refractivity contribution in [2.45, 2.75) is 48.8 Å². The molecule has 0 aromatic heterocycles. The second-order valence-electron chi connectivity index (χ2n) is 8.34. The summed E-state index contributed by atoms with van der Waals surface area (Å²) < 4.78 is 29.2. The number of esters is 1. The molecule has 0 radical (unpaired) electrons. The van der Waals surface area contributed by atoms with E-state index in [9.17, 15) is 4.79 Å². The fraction of sp³-hybridized carbons (Fsp3) is 0.480. The van der Waals surface area contributed by atoms with Crippen LogP contribution in [0.5, 0.6) is 11.5 Å². The molecular weight excluding hydrogens is 523 g/mol. The highest BCUT2D eigenvalue weighted by Crippen LogP contribution is 2.44. The predicted molar refractivity (Wildman–Crippen MR) is 128 cm³/mol. The van der Waals surface area contributed by atoms with Crippen molar-refractivity contribution in [3.63, 3.8) is 0 Å². The van der Waals surface area contributed by atoms with Crippen LogP contribution in [-0.4, -0.2) is 42.4 Å². The first kappa shape index (κ1) is 23.3. The van der Waals surface area contributed by atoms with Crippen molar-refractivity contribution in [1.29, 1.82) is 0 Å². The van der Waals surface area contributed by atoms with E-state index in [1.165, 1.54) is 0 Å². The molecule has 32 heavy (non-hydrogen) atoms. The molecular formula is C25H29IO6. The van der Waals surface area contributed by atoms with E-state index < -0.39 is 0 Å². The van der Waals surface area contributed by atoms with Crippen molar-refractivity contribution in [3.05, 3.63) is 59.7 Å². The zero-order chi connectivity index (χ0) is 22.7. The first-order valence-corrected chi connectivity index (χ1v) is 12.1. The first-order chi connectivity index (χ1) is 15.5. The van der Waals surface area contributed by atoms with E-state index in [2.05, 4.69) is 22.6 Å². The summed E-state index contributed by atoms with van der Waals surface area (Å²) in [5.74, 6) is 1.24. The number of rotatable bonds is 8. The lowest BCUT2D eigenvalue weighted by molar-refractivity contribution is -0.150. The molecule has 172 valence electrons. The Labute approximate surface area is 202 Å². The largest absolute Gasteiger partial charge is 0.497 e. The summed E-state index contributed by atoms with van der Waals surface area (Å²) >= 11 is 2.39. The van der Waals surface area contributed by atoms with Crippen molar-refractivity contribution in [3.8, 4) is 11.5 Å². The van der Waals surface area contributed by atoms with E-state index in [1.54, 1.807) is 14.2 Å². The van der Waals surface area contributed by atoms with Gasteiger partial charge in [-0.05, 0) is 41.8 Å². The van der Waals surface area contributed by atoms with Gasteiger partial charge in [-0.25, -0.2) is 0 Å². The van der Waals surface area contributed by atoms with Gasteiger partial charge in [0.25, 0.3) is 0 Å². The number of carbonyl (C=O) groups is 1. The molecule has 2 aliphatic rings. The van der Waals surface area contributed by atoms with Crippen molar-refractivity contribution in [2.75, 3.05) is 14.2 Å². The SMILES string of the molecule is COc1ccc(CO[C@H]2[C@H]3[C@H](OC(=O)[C@H]3C)[C@@H](I)C[C@@H]2OCc2ccc(OC)cc2)cc1. The third kappa shape index (κ3) is 5.05. The normalized spacial score (nSPS) is 29.3. The molecule has 1 saturated carbocycles. The highest BCUT2D eigenvalue weighted by atomic mass is 127. The van der Waals surface area contributed by atoms with Crippen molar-refractivity contribution in [1.82, 2.24) is 0 Å². The fourth-order valence-electron chi connectivity index (χ4n) is 4.51. The van der Waals surface area contributed by atoms with Crippen LogP contribution in [-0.2, 0) is 32.2 Å². The van der Waals surface area contributed by atoms with Crippen LogP contribution in [0.25, 0.3) is 0 Å². The van der Waals surface area contributed by atoms with Crippen LogP contribution < -0.4 is 9.47 Å². The molecule has 2 fully saturated rings. The molecule has 6 atom stereocenters. The lowest BCUT2D eigenvalue weighted by Crippen LogP contribution is -2.52. The van der Waals surface area contributed by atoms with E-state index >= 15 is 0 Å². The van der Waals surface area contributed by atoms with Crippen LogP contribution in [0, 0.1) is 11.8 Å². The third-order valence-electron chi connectivity index (χ3n) is 6.37. The van der Waals surface area contributed by atoms with Crippen molar-refractivity contribution < 1.29 is 28.5 Å². The smallest absolute Gasteiger partial charge is 0.309 e. The Morgan fingerprint density at radius 2 is 1.44 bits per heavy atom. The summed E-state index contributed by atoms with van der Waals surface area (Å²) in [6.45, 7) is 2.85. The second-order valence-corrected chi connectivity index (χ2v) is 9.94. The van der Waals surface area contributed by atoms with Gasteiger partial charge in [0, 0.05) is 5.92 Å². The van der Waals surface area contributed by atoms with Gasteiger partial charge < -0.3 is 23.7 Å². The zero-order valence-corrected chi connectivity index (χ0v) is 20.7. The molecule has 0 spiro atoms. The van der Waals surface area contributed by atoms with Crippen LogP contribution in [0.4, 0.5) is 0 Å². The zero-order valence-electron chi connectivity index (χ0n) is 18.5. The summed E-state index contributed by atoms with van der Waals surface area (Å²) in [5.41, 5.74) is 2.12. The number of alkyl halides is 1. The Hall–Kier alpha value is -1.84. The Morgan fingerprint density at radius 1 is 0.906 bits per heavy atom. The maximum atomic E-state index is 12.4. The minimum Gasteiger partial charge on any atom is -0.497 e. The van der Waals surface area contributed by atoms with Gasteiger partial charge in [-0.3, -0.25) is 4.79 Å². The van der Waals surface area contributed by atoms with Crippen LogP contribution in [0.1, 0.15) is 24.5 Å². The van der Waals surface area contributed by atoms with Gasteiger partial charge in [0.05, 0.1) is 49.5 Å². The maximum absolute atomic E-state index is 12.4. The molecule has 2 aromatic rings. The van der Waals surface area contributed by atoms with E-state index in [0.717, 1.165) is 29.0 Å². The Kier molecular flexibility index (Phi) is 7.58. The standard InChI is InChI=1S/C25H29IO6/c1-15-22-23(32-25(15)27)20(26)12-21(30-13-16-4-8-18(28-2)9-5-16)24(22)31-14-17-6-10-19(29-3)11-7-17/h4-11,15,20-24H,12-14H2,1-3H3/t15-,20-,21-,22+,23+,24+/m0/s1. The second kappa shape index (κ2) is 10.4. The quantitative estimate of drug-likeness (QED) is 0.272. The van der Waals surface area contributed by atoms with E-state index in [4.69, 9.17) is 23.7 Å². The van der Waals surface area contributed by atoms with E-state index in [1.807, 2.05) is 55.5 Å². The number of benzene rings is 2. The molecule has 1 aliphatic carbocycles. The van der Waals surface area contributed by atoms with Crippen LogP contribution in [0.15, 0.2) is 48.5 Å². The van der Waals surface area contributed by atoms with Crippen molar-refractivity contribution in [2.24, 2.45) is 11.8 Å². The molecule has 6 nitrogen and oxygen atoms in total. The third-order valence-corrected chi connectivity index (χ3v) is 7.58. The summed E-state index contributed by atoms with van der Waals surface area (Å²) in [4.78, 5) is 12.4. The number of hydrogen-bond acceptors (Lipinski definition) is 6. The number of halogens is 1. The molecule has 0 unspecified atom stereocenters. The molecule has 7 heteroatoms. The fourth-order valence-corrected chi connectivity index (χ4v) is 5.63. The minimum atomic E-state index is -0.229. The van der Waals surface area contributed by atoms with Crippen LogP contribution in [0.3, 0.4) is 0 Å². The average Bonchev–Trinajstić information content (AvgIpc) is 3.13. The van der Waals surface area contributed by atoms with Gasteiger partial charge in [-0.15, -0.1) is 0 Å². The van der Waals surface area contributed by atoms with E-state index in [-0.39, 0.29) is 40.0 Å². The predicted octanol–water partition coefficient (Wildman–Crippen LogP) is 4.56. The maximum Gasteiger partial charge on any atom is 0.309 e. The average molecular weight is 552 g/mol. The summed E-state index contributed by atoms with van der Waals surface area (Å²) in [5, 5.41) is 0.